The van der Waals surface area contributed by atoms with Crippen molar-refractivity contribution in [1.82, 2.24) is 10.6 Å². The van der Waals surface area contributed by atoms with Gasteiger partial charge in [-0.3, -0.25) is 0 Å². The lowest BCUT2D eigenvalue weighted by Crippen LogP contribution is -2.42. The number of rotatable bonds is 8. The Morgan fingerprint density at radius 2 is 1.89 bits per heavy atom. The zero-order valence-corrected chi connectivity index (χ0v) is 14.6. The van der Waals surface area contributed by atoms with Gasteiger partial charge in [0.1, 0.15) is 0 Å². The van der Waals surface area contributed by atoms with Gasteiger partial charge in [0, 0.05) is 24.5 Å². The number of nitrogens with one attached hydrogen (secondary N) is 3. The third-order valence-electron chi connectivity index (χ3n) is 3.48. The van der Waals surface area contributed by atoms with Crippen LogP contribution in [0.25, 0.3) is 0 Å². The molecule has 0 aliphatic carbocycles. The van der Waals surface area contributed by atoms with Gasteiger partial charge in [0.05, 0.1) is 6.61 Å². The molecule has 0 saturated heterocycles. The lowest BCUT2D eigenvalue weighted by molar-refractivity contribution is 0.289. The van der Waals surface area contributed by atoms with Gasteiger partial charge >= 0.3 is 0 Å². The highest BCUT2D eigenvalue weighted by atomic mass is 28.4. The molecule has 5 heteroatoms. The molecule has 112 valence electrons. The zero-order chi connectivity index (χ0) is 15.1. The highest BCUT2D eigenvalue weighted by Gasteiger charge is 2.36. The average molecular weight is 286 g/mol. The van der Waals surface area contributed by atoms with E-state index < -0.39 is 8.32 Å². The van der Waals surface area contributed by atoms with E-state index in [1.54, 1.807) is 6.92 Å². The Bertz CT molecular complexity index is 319. The summed E-state index contributed by atoms with van der Waals surface area (Å²) in [5.74, 6) is 0. The first-order valence-electron chi connectivity index (χ1n) is 6.88. The molecule has 0 spiro atoms. The molecule has 0 atom stereocenters. The third kappa shape index (κ3) is 7.50. The summed E-state index contributed by atoms with van der Waals surface area (Å²) < 4.78 is 6.10. The van der Waals surface area contributed by atoms with Gasteiger partial charge in [0.25, 0.3) is 0 Å². The Kier molecular flexibility index (Phi) is 7.55. The van der Waals surface area contributed by atoms with Gasteiger partial charge in [-0.05, 0) is 38.2 Å². The van der Waals surface area contributed by atoms with Gasteiger partial charge < -0.3 is 20.5 Å². The van der Waals surface area contributed by atoms with E-state index in [4.69, 9.17) is 9.84 Å². The fourth-order valence-electron chi connectivity index (χ4n) is 1.35. The maximum Gasteiger partial charge on any atom is 0.192 e. The van der Waals surface area contributed by atoms with Crippen molar-refractivity contribution in [3.63, 3.8) is 0 Å². The minimum Gasteiger partial charge on any atom is -0.415 e. The summed E-state index contributed by atoms with van der Waals surface area (Å²) in [4.78, 5) is 0. The van der Waals surface area contributed by atoms with Crippen molar-refractivity contribution in [2.24, 2.45) is 0 Å². The molecule has 3 N–H and O–H groups in total. The number of likely N-dealkylation sites (N-methyl/N-ethyl adjacent to an activating group) is 1. The highest BCUT2D eigenvalue weighted by molar-refractivity contribution is 6.74. The standard InChI is InChI=1S/C14H31N3OSi/c1-12(15)10-13(11-16-5)17-8-9-18-19(6,7)14(2,3)4/h10,15-17H,8-9,11H2,1-7H3/b13-10-,15-12?. The van der Waals surface area contributed by atoms with Gasteiger partial charge in [-0.25, -0.2) is 0 Å². The van der Waals surface area contributed by atoms with Crippen LogP contribution in [0.3, 0.4) is 0 Å². The monoisotopic (exact) mass is 285 g/mol. The SMILES string of the molecule is CNC/C(=C/C(C)=N)NCCO[Si](C)(C)C(C)(C)C. The Morgan fingerprint density at radius 3 is 2.32 bits per heavy atom. The molecule has 0 aromatic carbocycles. The summed E-state index contributed by atoms with van der Waals surface area (Å²) in [6.45, 7) is 15.3. The molecule has 0 heterocycles. The second-order valence-electron chi connectivity index (χ2n) is 6.42. The minimum absolute atomic E-state index is 0.252. The van der Waals surface area contributed by atoms with E-state index in [-0.39, 0.29) is 5.04 Å². The lowest BCUT2D eigenvalue weighted by atomic mass is 10.2. The predicted octanol–water partition coefficient (Wildman–Crippen LogP) is 2.74. The molecule has 0 aromatic rings. The maximum atomic E-state index is 7.50. The predicted molar refractivity (Wildman–Crippen MR) is 86.6 cm³/mol. The fraction of sp³-hybridized carbons (Fsp3) is 0.786. The smallest absolute Gasteiger partial charge is 0.192 e. The van der Waals surface area contributed by atoms with E-state index in [1.807, 2.05) is 13.1 Å². The molecule has 0 radical (unpaired) electrons. The third-order valence-corrected chi connectivity index (χ3v) is 8.02. The van der Waals surface area contributed by atoms with Crippen LogP contribution < -0.4 is 10.6 Å². The second kappa shape index (κ2) is 7.82. The fourth-order valence-corrected chi connectivity index (χ4v) is 2.40. The topological polar surface area (TPSA) is 57.1 Å². The van der Waals surface area contributed by atoms with Gasteiger partial charge in [-0.15, -0.1) is 0 Å². The van der Waals surface area contributed by atoms with E-state index in [1.165, 1.54) is 0 Å². The quantitative estimate of drug-likeness (QED) is 0.365. The van der Waals surface area contributed by atoms with Gasteiger partial charge in [0.15, 0.2) is 8.32 Å². The molecule has 0 amide bonds. The molecular formula is C14H31N3OSi. The van der Waals surface area contributed by atoms with E-state index in [0.717, 1.165) is 18.8 Å². The first-order chi connectivity index (χ1) is 8.60. The Hall–Kier alpha value is -0.653. The van der Waals surface area contributed by atoms with Crippen molar-refractivity contribution in [2.75, 3.05) is 26.7 Å². The first kappa shape index (κ1) is 18.3. The number of hydrogen-bond donors (Lipinski definition) is 3. The largest absolute Gasteiger partial charge is 0.415 e. The lowest BCUT2D eigenvalue weighted by Gasteiger charge is -2.36. The highest BCUT2D eigenvalue weighted by Crippen LogP contribution is 2.36. The molecular weight excluding hydrogens is 254 g/mol. The summed E-state index contributed by atoms with van der Waals surface area (Å²) in [6.07, 6.45) is 1.85. The van der Waals surface area contributed by atoms with Crippen LogP contribution in [0.5, 0.6) is 0 Å². The Morgan fingerprint density at radius 1 is 1.32 bits per heavy atom. The molecule has 4 nitrogen and oxygen atoms in total. The van der Waals surface area contributed by atoms with E-state index >= 15 is 0 Å². The minimum atomic E-state index is -1.64. The average Bonchev–Trinajstić information content (AvgIpc) is 2.22. The van der Waals surface area contributed by atoms with Crippen LogP contribution in [0, 0.1) is 5.41 Å². The molecule has 0 rings (SSSR count). The molecule has 0 saturated carbocycles. The summed E-state index contributed by atoms with van der Waals surface area (Å²) in [6, 6.07) is 0. The van der Waals surface area contributed by atoms with Crippen LogP contribution in [0.15, 0.2) is 11.8 Å². The number of hydrogen-bond acceptors (Lipinski definition) is 4. The van der Waals surface area contributed by atoms with Crippen LogP contribution in [-0.4, -0.2) is 40.8 Å². The van der Waals surface area contributed by atoms with Crippen molar-refractivity contribution in [1.29, 1.82) is 5.41 Å². The van der Waals surface area contributed by atoms with Crippen molar-refractivity contribution < 1.29 is 4.43 Å². The van der Waals surface area contributed by atoms with E-state index in [9.17, 15) is 0 Å². The van der Waals surface area contributed by atoms with Crippen molar-refractivity contribution in [3.8, 4) is 0 Å². The van der Waals surface area contributed by atoms with E-state index in [2.05, 4.69) is 44.5 Å². The van der Waals surface area contributed by atoms with Crippen LogP contribution in [0.1, 0.15) is 27.7 Å². The second-order valence-corrected chi connectivity index (χ2v) is 11.2. The van der Waals surface area contributed by atoms with Crippen molar-refractivity contribution >= 4 is 14.0 Å². The van der Waals surface area contributed by atoms with Crippen LogP contribution >= 0.6 is 0 Å². The van der Waals surface area contributed by atoms with Gasteiger partial charge in [-0.2, -0.15) is 0 Å². The van der Waals surface area contributed by atoms with Gasteiger partial charge in [-0.1, -0.05) is 20.8 Å². The van der Waals surface area contributed by atoms with Crippen LogP contribution in [-0.2, 0) is 4.43 Å². The summed E-state index contributed by atoms with van der Waals surface area (Å²) in [5, 5.41) is 14.2. The molecule has 0 fully saturated rings. The molecule has 0 aliphatic heterocycles. The normalized spacial score (nSPS) is 13.5. The number of allylic oxidation sites excluding steroid dienone is 1. The molecule has 19 heavy (non-hydrogen) atoms. The van der Waals surface area contributed by atoms with Crippen LogP contribution in [0.4, 0.5) is 0 Å². The van der Waals surface area contributed by atoms with Crippen LogP contribution in [0.2, 0.25) is 18.1 Å². The van der Waals surface area contributed by atoms with Gasteiger partial charge in [0.2, 0.25) is 0 Å². The summed E-state index contributed by atoms with van der Waals surface area (Å²) >= 11 is 0. The molecule has 0 unspecified atom stereocenters. The van der Waals surface area contributed by atoms with E-state index in [0.29, 0.717) is 12.3 Å². The summed E-state index contributed by atoms with van der Waals surface area (Å²) in [5.41, 5.74) is 1.59. The Labute approximate surface area is 119 Å². The maximum absolute atomic E-state index is 7.50. The first-order valence-corrected chi connectivity index (χ1v) is 9.79. The molecule has 0 bridgehead atoms. The Balaban J connectivity index is 4.19. The zero-order valence-electron chi connectivity index (χ0n) is 13.6. The van der Waals surface area contributed by atoms with Crippen molar-refractivity contribution in [2.45, 2.75) is 45.8 Å². The van der Waals surface area contributed by atoms with Crippen molar-refractivity contribution in [3.05, 3.63) is 11.8 Å². The molecule has 0 aromatic heterocycles. The summed E-state index contributed by atoms with van der Waals surface area (Å²) in [7, 11) is 0.259. The molecule has 0 aliphatic rings.